The molecule has 1 amide bonds. The zero-order chi connectivity index (χ0) is 15.5. The smallest absolute Gasteiger partial charge is 0.262 e. The van der Waals surface area contributed by atoms with E-state index in [0.717, 1.165) is 10.8 Å². The molecule has 0 heterocycles. The highest BCUT2D eigenvalue weighted by atomic mass is 32.2. The predicted octanol–water partition coefficient (Wildman–Crippen LogP) is -0.0492. The first-order chi connectivity index (χ1) is 9.97. The van der Waals surface area contributed by atoms with Crippen molar-refractivity contribution >= 4 is 26.7 Å². The molecular formula is C13H15N3O4S. The van der Waals surface area contributed by atoms with Crippen molar-refractivity contribution < 1.29 is 18.4 Å². The molecule has 1 atom stereocenters. The minimum atomic E-state index is -3.92. The van der Waals surface area contributed by atoms with Gasteiger partial charge in [-0.1, -0.05) is 30.3 Å². The molecule has 0 radical (unpaired) electrons. The van der Waals surface area contributed by atoms with Crippen molar-refractivity contribution in [3.8, 4) is 0 Å². The van der Waals surface area contributed by atoms with E-state index in [1.54, 1.807) is 18.2 Å². The largest absolute Gasteiger partial charge is 0.328 e. The van der Waals surface area contributed by atoms with E-state index in [1.165, 1.54) is 17.6 Å². The maximum atomic E-state index is 12.2. The molecule has 8 heteroatoms. The molecule has 1 unspecified atom stereocenters. The van der Waals surface area contributed by atoms with Gasteiger partial charge in [-0.25, -0.2) is 13.9 Å². The molecule has 0 aromatic heterocycles. The molecule has 21 heavy (non-hydrogen) atoms. The van der Waals surface area contributed by atoms with Gasteiger partial charge >= 0.3 is 0 Å². The number of nitrogens with two attached hydrogens (primary N) is 1. The van der Waals surface area contributed by atoms with Crippen LogP contribution in [-0.4, -0.2) is 32.1 Å². The van der Waals surface area contributed by atoms with E-state index < -0.39 is 22.0 Å². The van der Waals surface area contributed by atoms with Gasteiger partial charge in [0.15, 0.2) is 0 Å². The molecule has 0 saturated carbocycles. The van der Waals surface area contributed by atoms with Crippen LogP contribution in [0.3, 0.4) is 0 Å². The molecule has 0 fully saturated rings. The first kappa shape index (κ1) is 15.4. The molecule has 2 aromatic rings. The van der Waals surface area contributed by atoms with Crippen molar-refractivity contribution in [3.63, 3.8) is 0 Å². The maximum Gasteiger partial charge on any atom is 0.262 e. The number of benzene rings is 2. The Morgan fingerprint density at radius 2 is 1.86 bits per heavy atom. The van der Waals surface area contributed by atoms with Gasteiger partial charge in [-0.3, -0.25) is 10.0 Å². The molecule has 0 aliphatic heterocycles. The molecule has 0 saturated heterocycles. The van der Waals surface area contributed by atoms with Gasteiger partial charge in [-0.2, -0.15) is 4.72 Å². The average Bonchev–Trinajstić information content (AvgIpc) is 2.51. The number of amides is 1. The molecule has 2 aromatic carbocycles. The quantitative estimate of drug-likeness (QED) is 0.456. The second-order valence-electron chi connectivity index (χ2n) is 4.39. The summed E-state index contributed by atoms with van der Waals surface area (Å²) in [5.74, 6) is -0.915. The monoisotopic (exact) mass is 309 g/mol. The van der Waals surface area contributed by atoms with Crippen LogP contribution >= 0.6 is 0 Å². The van der Waals surface area contributed by atoms with Crippen molar-refractivity contribution in [2.45, 2.75) is 10.9 Å². The fourth-order valence-electron chi connectivity index (χ4n) is 1.88. The second-order valence-corrected chi connectivity index (χ2v) is 6.11. The normalized spacial score (nSPS) is 13.0. The van der Waals surface area contributed by atoms with E-state index in [9.17, 15) is 13.2 Å². The van der Waals surface area contributed by atoms with Crippen LogP contribution in [0, 0.1) is 0 Å². The molecule has 0 aliphatic carbocycles. The summed E-state index contributed by atoms with van der Waals surface area (Å²) in [5.41, 5.74) is 6.70. The zero-order valence-corrected chi connectivity index (χ0v) is 11.8. The van der Waals surface area contributed by atoms with Crippen molar-refractivity contribution in [3.05, 3.63) is 42.5 Å². The minimum Gasteiger partial charge on any atom is -0.328 e. The van der Waals surface area contributed by atoms with Crippen LogP contribution in [0.2, 0.25) is 0 Å². The summed E-state index contributed by atoms with van der Waals surface area (Å²) >= 11 is 0. The van der Waals surface area contributed by atoms with Gasteiger partial charge in [0.1, 0.15) is 6.04 Å². The average molecular weight is 309 g/mol. The summed E-state index contributed by atoms with van der Waals surface area (Å²) in [5, 5.41) is 10.2. The van der Waals surface area contributed by atoms with Crippen LogP contribution in [0.1, 0.15) is 0 Å². The Kier molecular flexibility index (Phi) is 4.53. The van der Waals surface area contributed by atoms with Crippen molar-refractivity contribution in [1.82, 2.24) is 10.2 Å². The van der Waals surface area contributed by atoms with E-state index in [0.29, 0.717) is 0 Å². The fourth-order valence-corrected chi connectivity index (χ4v) is 3.12. The van der Waals surface area contributed by atoms with Crippen LogP contribution < -0.4 is 15.9 Å². The summed E-state index contributed by atoms with van der Waals surface area (Å²) in [4.78, 5) is 11.3. The number of hydrogen-bond donors (Lipinski definition) is 4. The molecule has 0 spiro atoms. The Balaban J connectivity index is 2.35. The third kappa shape index (κ3) is 3.37. The summed E-state index contributed by atoms with van der Waals surface area (Å²) < 4.78 is 26.6. The molecule has 0 aliphatic rings. The van der Waals surface area contributed by atoms with Crippen LogP contribution in [0.25, 0.3) is 10.8 Å². The summed E-state index contributed by atoms with van der Waals surface area (Å²) in [6.07, 6.45) is 0. The van der Waals surface area contributed by atoms with Gasteiger partial charge in [0, 0.05) is 6.54 Å². The highest BCUT2D eigenvalue weighted by Crippen LogP contribution is 2.18. The van der Waals surface area contributed by atoms with Gasteiger partial charge in [0.05, 0.1) is 4.90 Å². The number of nitrogens with one attached hydrogen (secondary N) is 2. The lowest BCUT2D eigenvalue weighted by atomic mass is 10.1. The van der Waals surface area contributed by atoms with Crippen LogP contribution in [0.15, 0.2) is 47.4 Å². The van der Waals surface area contributed by atoms with E-state index in [2.05, 4.69) is 4.72 Å². The first-order valence-corrected chi connectivity index (χ1v) is 7.61. The number of fused-ring (bicyclic) bond motifs is 1. The van der Waals surface area contributed by atoms with Crippen molar-refractivity contribution in [1.29, 1.82) is 0 Å². The molecule has 2 rings (SSSR count). The Labute approximate surface area is 121 Å². The van der Waals surface area contributed by atoms with Crippen LogP contribution in [0.5, 0.6) is 0 Å². The third-order valence-corrected chi connectivity index (χ3v) is 4.46. The van der Waals surface area contributed by atoms with Crippen LogP contribution in [-0.2, 0) is 14.8 Å². The van der Waals surface area contributed by atoms with Crippen LogP contribution in [0.4, 0.5) is 0 Å². The lowest BCUT2D eigenvalue weighted by Gasteiger charge is -2.15. The molecule has 7 nitrogen and oxygen atoms in total. The molecular weight excluding hydrogens is 294 g/mol. The maximum absolute atomic E-state index is 12.2. The molecule has 112 valence electrons. The fraction of sp³-hybridized carbons (Fsp3) is 0.154. The Morgan fingerprint density at radius 3 is 2.48 bits per heavy atom. The number of sulfonamides is 1. The zero-order valence-electron chi connectivity index (χ0n) is 11.0. The van der Waals surface area contributed by atoms with Gasteiger partial charge in [0.2, 0.25) is 10.0 Å². The Morgan fingerprint density at radius 1 is 1.19 bits per heavy atom. The summed E-state index contributed by atoms with van der Waals surface area (Å²) in [6, 6.07) is 10.7. The second kappa shape index (κ2) is 6.19. The number of hydrogen-bond acceptors (Lipinski definition) is 5. The topological polar surface area (TPSA) is 122 Å². The van der Waals surface area contributed by atoms with Gasteiger partial charge in [-0.05, 0) is 22.9 Å². The number of carbonyl (C=O) groups excluding carboxylic acids is 1. The summed E-state index contributed by atoms with van der Waals surface area (Å²) in [6.45, 7) is -0.279. The molecule has 0 bridgehead atoms. The summed E-state index contributed by atoms with van der Waals surface area (Å²) in [7, 11) is -3.92. The Hall–Kier alpha value is -2.00. The third-order valence-electron chi connectivity index (χ3n) is 2.99. The van der Waals surface area contributed by atoms with Crippen molar-refractivity contribution in [2.75, 3.05) is 6.54 Å². The Bertz CT molecular complexity index is 761. The standard InChI is InChI=1S/C13H15N3O4S/c14-8-12(13(17)15-18)16-21(19,20)11-6-5-9-3-1-2-4-10(9)7-11/h1-7,12,16,18H,8,14H2,(H,15,17). The first-order valence-electron chi connectivity index (χ1n) is 6.13. The number of hydroxylamine groups is 1. The van der Waals surface area contributed by atoms with Gasteiger partial charge in [0.25, 0.3) is 5.91 Å². The number of carbonyl (C=O) groups is 1. The SMILES string of the molecule is NCC(NS(=O)(=O)c1ccc2ccccc2c1)C(=O)NO. The van der Waals surface area contributed by atoms with E-state index in [-0.39, 0.29) is 11.4 Å². The minimum absolute atomic E-state index is 0.0189. The molecule has 5 N–H and O–H groups in total. The lowest BCUT2D eigenvalue weighted by molar-refractivity contribution is -0.130. The van der Waals surface area contributed by atoms with Crippen molar-refractivity contribution in [2.24, 2.45) is 5.73 Å². The predicted molar refractivity (Wildman–Crippen MR) is 77.0 cm³/mol. The lowest BCUT2D eigenvalue weighted by Crippen LogP contribution is -2.49. The van der Waals surface area contributed by atoms with Gasteiger partial charge < -0.3 is 5.73 Å². The number of rotatable bonds is 5. The highest BCUT2D eigenvalue weighted by molar-refractivity contribution is 7.89. The van der Waals surface area contributed by atoms with Gasteiger partial charge in [-0.15, -0.1) is 0 Å². The van der Waals surface area contributed by atoms with E-state index in [1.807, 2.05) is 12.1 Å². The highest BCUT2D eigenvalue weighted by Gasteiger charge is 2.24. The van der Waals surface area contributed by atoms with E-state index in [4.69, 9.17) is 10.9 Å². The van der Waals surface area contributed by atoms with E-state index >= 15 is 0 Å².